The van der Waals surface area contributed by atoms with Crippen LogP contribution >= 0.6 is 0 Å². The molecule has 3 nitrogen and oxygen atoms in total. The second-order valence-electron chi connectivity index (χ2n) is 3.90. The van der Waals surface area contributed by atoms with Gasteiger partial charge >= 0.3 is 0 Å². The largest absolute Gasteiger partial charge is 0.313 e. The summed E-state index contributed by atoms with van der Waals surface area (Å²) in [5.74, 6) is 1.29. The summed E-state index contributed by atoms with van der Waals surface area (Å²) in [4.78, 5) is 0. The van der Waals surface area contributed by atoms with Gasteiger partial charge in [-0.3, -0.25) is 0 Å². The van der Waals surface area contributed by atoms with E-state index in [1.54, 1.807) is 0 Å². The van der Waals surface area contributed by atoms with E-state index in [1.165, 1.54) is 0 Å². The van der Waals surface area contributed by atoms with Crippen molar-refractivity contribution in [1.82, 2.24) is 5.32 Å². The molecule has 1 atom stereocenters. The van der Waals surface area contributed by atoms with Crippen molar-refractivity contribution in [3.05, 3.63) is 0 Å². The Morgan fingerprint density at radius 1 is 1.50 bits per heavy atom. The van der Waals surface area contributed by atoms with Gasteiger partial charge in [0.15, 0.2) is 9.84 Å². The first kappa shape index (κ1) is 9.99. The monoisotopic (exact) mass is 191 g/mol. The second kappa shape index (κ2) is 3.75. The summed E-state index contributed by atoms with van der Waals surface area (Å²) in [6.07, 6.45) is 0.787. The summed E-state index contributed by atoms with van der Waals surface area (Å²) in [5.41, 5.74) is 0. The molecule has 1 heterocycles. The lowest BCUT2D eigenvalue weighted by molar-refractivity contribution is 0.488. The molecule has 4 heteroatoms. The molecule has 0 saturated carbocycles. The SMILES string of the molecule is CC(C)CN[C@H]1CCS(=O)(=O)C1. The van der Waals surface area contributed by atoms with Gasteiger partial charge in [0.05, 0.1) is 11.5 Å². The molecule has 0 aromatic rings. The Balaban J connectivity index is 2.29. The number of rotatable bonds is 3. The quantitative estimate of drug-likeness (QED) is 0.703. The van der Waals surface area contributed by atoms with Crippen molar-refractivity contribution in [1.29, 1.82) is 0 Å². The van der Waals surface area contributed by atoms with Crippen molar-refractivity contribution in [2.45, 2.75) is 26.3 Å². The van der Waals surface area contributed by atoms with E-state index >= 15 is 0 Å². The Hall–Kier alpha value is -0.0900. The summed E-state index contributed by atoms with van der Waals surface area (Å²) >= 11 is 0. The van der Waals surface area contributed by atoms with Crippen molar-refractivity contribution >= 4 is 9.84 Å². The lowest BCUT2D eigenvalue weighted by atomic mass is 10.2. The van der Waals surface area contributed by atoms with Crippen molar-refractivity contribution in [2.75, 3.05) is 18.1 Å². The number of hydrogen-bond acceptors (Lipinski definition) is 3. The van der Waals surface area contributed by atoms with Gasteiger partial charge in [0.2, 0.25) is 0 Å². The molecule has 72 valence electrons. The maximum Gasteiger partial charge on any atom is 0.151 e. The maximum atomic E-state index is 11.0. The molecule has 1 fully saturated rings. The van der Waals surface area contributed by atoms with E-state index in [0.29, 0.717) is 17.4 Å². The Bertz CT molecular complexity index is 233. The first-order valence-corrected chi connectivity index (χ1v) is 6.25. The molecule has 1 rings (SSSR count). The predicted molar refractivity (Wildman–Crippen MR) is 49.9 cm³/mol. The van der Waals surface area contributed by atoms with Gasteiger partial charge in [-0.15, -0.1) is 0 Å². The van der Waals surface area contributed by atoms with E-state index in [9.17, 15) is 8.42 Å². The zero-order valence-electron chi connectivity index (χ0n) is 7.71. The summed E-state index contributed by atoms with van der Waals surface area (Å²) in [5, 5.41) is 3.26. The topological polar surface area (TPSA) is 46.2 Å². The summed E-state index contributed by atoms with van der Waals surface area (Å²) in [6, 6.07) is 0.206. The van der Waals surface area contributed by atoms with Gasteiger partial charge in [0, 0.05) is 6.04 Å². The lowest BCUT2D eigenvalue weighted by Crippen LogP contribution is -2.32. The molecule has 12 heavy (non-hydrogen) atoms. The average molecular weight is 191 g/mol. The van der Waals surface area contributed by atoms with E-state index in [-0.39, 0.29) is 6.04 Å². The first-order valence-electron chi connectivity index (χ1n) is 4.43. The third kappa shape index (κ3) is 3.11. The van der Waals surface area contributed by atoms with Gasteiger partial charge in [-0.2, -0.15) is 0 Å². The highest BCUT2D eigenvalue weighted by Crippen LogP contribution is 2.11. The zero-order valence-corrected chi connectivity index (χ0v) is 8.52. The Kier molecular flexibility index (Phi) is 3.12. The van der Waals surface area contributed by atoms with Crippen molar-refractivity contribution in [2.24, 2.45) is 5.92 Å². The number of nitrogens with one attached hydrogen (secondary N) is 1. The van der Waals surface area contributed by atoms with Gasteiger partial charge in [0.1, 0.15) is 0 Å². The molecular formula is C8H17NO2S. The summed E-state index contributed by atoms with van der Waals surface area (Å²) < 4.78 is 22.1. The predicted octanol–water partition coefficient (Wildman–Crippen LogP) is 0.419. The van der Waals surface area contributed by atoms with Crippen LogP contribution < -0.4 is 5.32 Å². The van der Waals surface area contributed by atoms with Crippen LogP contribution in [0.5, 0.6) is 0 Å². The highest BCUT2D eigenvalue weighted by Gasteiger charge is 2.27. The highest BCUT2D eigenvalue weighted by molar-refractivity contribution is 7.91. The van der Waals surface area contributed by atoms with E-state index in [4.69, 9.17) is 0 Å². The fourth-order valence-corrected chi connectivity index (χ4v) is 3.07. The zero-order chi connectivity index (χ0) is 9.19. The van der Waals surface area contributed by atoms with Crippen LogP contribution in [0.3, 0.4) is 0 Å². The molecule has 0 aromatic carbocycles. The molecular weight excluding hydrogens is 174 g/mol. The number of hydrogen-bond donors (Lipinski definition) is 1. The van der Waals surface area contributed by atoms with Crippen LogP contribution in [0.1, 0.15) is 20.3 Å². The van der Waals surface area contributed by atoms with E-state index < -0.39 is 9.84 Å². The lowest BCUT2D eigenvalue weighted by Gasteiger charge is -2.12. The van der Waals surface area contributed by atoms with Crippen LogP contribution in [0.4, 0.5) is 0 Å². The van der Waals surface area contributed by atoms with E-state index in [1.807, 2.05) is 0 Å². The van der Waals surface area contributed by atoms with Crippen LogP contribution in [0, 0.1) is 5.92 Å². The molecule has 0 spiro atoms. The minimum absolute atomic E-state index is 0.206. The average Bonchev–Trinajstić information content (AvgIpc) is 2.26. The number of sulfone groups is 1. The molecule has 0 unspecified atom stereocenters. The van der Waals surface area contributed by atoms with E-state index in [0.717, 1.165) is 13.0 Å². The van der Waals surface area contributed by atoms with Gasteiger partial charge in [-0.05, 0) is 18.9 Å². The van der Waals surface area contributed by atoms with Crippen molar-refractivity contribution in [3.63, 3.8) is 0 Å². The third-order valence-electron chi connectivity index (χ3n) is 2.05. The molecule has 0 radical (unpaired) electrons. The minimum atomic E-state index is -2.71. The summed E-state index contributed by atoms with van der Waals surface area (Å²) in [6.45, 7) is 5.16. The fourth-order valence-electron chi connectivity index (χ4n) is 1.36. The van der Waals surface area contributed by atoms with Crippen LogP contribution in [0.15, 0.2) is 0 Å². The fraction of sp³-hybridized carbons (Fsp3) is 1.00. The summed E-state index contributed by atoms with van der Waals surface area (Å²) in [7, 11) is -2.71. The van der Waals surface area contributed by atoms with Crippen LogP contribution in [0.2, 0.25) is 0 Å². The molecule has 0 bridgehead atoms. The minimum Gasteiger partial charge on any atom is -0.313 e. The van der Waals surface area contributed by atoms with Crippen molar-refractivity contribution < 1.29 is 8.42 Å². The van der Waals surface area contributed by atoms with Crippen molar-refractivity contribution in [3.8, 4) is 0 Å². The molecule has 0 aliphatic carbocycles. The van der Waals surface area contributed by atoms with Gasteiger partial charge in [0.25, 0.3) is 0 Å². The van der Waals surface area contributed by atoms with Crippen LogP contribution in [-0.2, 0) is 9.84 Å². The Morgan fingerprint density at radius 2 is 2.17 bits per heavy atom. The smallest absolute Gasteiger partial charge is 0.151 e. The van der Waals surface area contributed by atoms with Gasteiger partial charge in [-0.1, -0.05) is 13.8 Å². The first-order chi connectivity index (χ1) is 5.49. The molecule has 1 aliphatic heterocycles. The van der Waals surface area contributed by atoms with Crippen LogP contribution in [0.25, 0.3) is 0 Å². The normalized spacial score (nSPS) is 28.1. The molecule has 0 aromatic heterocycles. The Labute approximate surface area is 74.5 Å². The molecule has 1 N–H and O–H groups in total. The van der Waals surface area contributed by atoms with Gasteiger partial charge < -0.3 is 5.32 Å². The Morgan fingerprint density at radius 3 is 2.58 bits per heavy atom. The standard InChI is InChI=1S/C8H17NO2S/c1-7(2)5-9-8-3-4-12(10,11)6-8/h7-9H,3-6H2,1-2H3/t8-/m0/s1. The second-order valence-corrected chi connectivity index (χ2v) is 6.13. The highest BCUT2D eigenvalue weighted by atomic mass is 32.2. The maximum absolute atomic E-state index is 11.0. The molecule has 1 aliphatic rings. The van der Waals surface area contributed by atoms with Crippen LogP contribution in [-0.4, -0.2) is 32.5 Å². The molecule has 1 saturated heterocycles. The molecule has 0 amide bonds. The van der Waals surface area contributed by atoms with Gasteiger partial charge in [-0.25, -0.2) is 8.42 Å². The van der Waals surface area contributed by atoms with E-state index in [2.05, 4.69) is 19.2 Å². The third-order valence-corrected chi connectivity index (χ3v) is 3.82.